The van der Waals surface area contributed by atoms with Gasteiger partial charge in [-0.05, 0) is 31.0 Å². The quantitative estimate of drug-likeness (QED) is 0.743. The number of phenolic OH excluding ortho intramolecular Hbond substituents is 1. The molecule has 0 aliphatic heterocycles. The molecule has 1 unspecified atom stereocenters. The third-order valence-electron chi connectivity index (χ3n) is 1.84. The summed E-state index contributed by atoms with van der Waals surface area (Å²) in [5.74, 6) is 0.316. The van der Waals surface area contributed by atoms with Gasteiger partial charge in [0, 0.05) is 7.11 Å². The van der Waals surface area contributed by atoms with E-state index < -0.39 is 0 Å². The molecule has 0 bridgehead atoms. The molecule has 2 nitrogen and oxygen atoms in total. The predicted octanol–water partition coefficient (Wildman–Crippen LogP) is 1.97. The monoisotopic (exact) mass is 166 g/mol. The van der Waals surface area contributed by atoms with Gasteiger partial charge in [-0.1, -0.05) is 12.1 Å². The third-order valence-corrected chi connectivity index (χ3v) is 1.84. The number of ether oxygens (including phenoxy) is 1. The summed E-state index contributed by atoms with van der Waals surface area (Å²) < 4.78 is 5.11. The maximum atomic E-state index is 9.16. The van der Waals surface area contributed by atoms with Crippen molar-refractivity contribution in [3.63, 3.8) is 0 Å². The normalized spacial score (nSPS) is 12.8. The van der Waals surface area contributed by atoms with E-state index in [1.165, 1.54) is 0 Å². The Balaban J connectivity index is 2.63. The van der Waals surface area contributed by atoms with Crippen LogP contribution in [0.5, 0.6) is 5.75 Å². The average Bonchev–Trinajstić information content (AvgIpc) is 2.04. The molecule has 1 aromatic rings. The lowest BCUT2D eigenvalue weighted by molar-refractivity contribution is 0.119. The van der Waals surface area contributed by atoms with E-state index in [-0.39, 0.29) is 6.10 Å². The Bertz CT molecular complexity index is 245. The van der Waals surface area contributed by atoms with Crippen molar-refractivity contribution in [1.29, 1.82) is 0 Å². The summed E-state index contributed by atoms with van der Waals surface area (Å²) in [5, 5.41) is 9.16. The Hall–Kier alpha value is -1.02. The summed E-state index contributed by atoms with van der Waals surface area (Å²) in [6.07, 6.45) is 1.04. The van der Waals surface area contributed by atoms with Gasteiger partial charge in [0.15, 0.2) is 0 Å². The Morgan fingerprint density at radius 1 is 1.50 bits per heavy atom. The van der Waals surface area contributed by atoms with Crippen LogP contribution in [0.1, 0.15) is 12.5 Å². The van der Waals surface area contributed by atoms with Gasteiger partial charge in [-0.25, -0.2) is 0 Å². The van der Waals surface area contributed by atoms with Gasteiger partial charge in [-0.2, -0.15) is 0 Å². The second-order valence-corrected chi connectivity index (χ2v) is 2.92. The van der Waals surface area contributed by atoms with E-state index in [4.69, 9.17) is 9.84 Å². The first-order valence-electron chi connectivity index (χ1n) is 4.03. The first-order valence-corrected chi connectivity index (χ1v) is 4.03. The third kappa shape index (κ3) is 2.55. The van der Waals surface area contributed by atoms with Crippen LogP contribution in [0.2, 0.25) is 0 Å². The molecule has 1 atom stereocenters. The smallest absolute Gasteiger partial charge is 0.115 e. The van der Waals surface area contributed by atoms with E-state index in [9.17, 15) is 0 Å². The summed E-state index contributed by atoms with van der Waals surface area (Å²) >= 11 is 0. The van der Waals surface area contributed by atoms with Gasteiger partial charge < -0.3 is 9.84 Å². The van der Waals surface area contributed by atoms with E-state index >= 15 is 0 Å². The highest BCUT2D eigenvalue weighted by Gasteiger charge is 2.01. The Kier molecular flexibility index (Phi) is 3.11. The molecule has 0 heterocycles. The number of rotatable bonds is 3. The van der Waals surface area contributed by atoms with Crippen molar-refractivity contribution < 1.29 is 9.84 Å². The van der Waals surface area contributed by atoms with Crippen molar-refractivity contribution in [1.82, 2.24) is 0 Å². The van der Waals surface area contributed by atoms with Gasteiger partial charge in [-0.15, -0.1) is 0 Å². The summed E-state index contributed by atoms with van der Waals surface area (Å²) in [5.41, 5.74) is 1.10. The predicted molar refractivity (Wildman–Crippen MR) is 48.3 cm³/mol. The van der Waals surface area contributed by atoms with Gasteiger partial charge in [0.05, 0.1) is 6.10 Å². The molecule has 0 saturated heterocycles. The van der Waals surface area contributed by atoms with E-state index in [1.807, 2.05) is 19.1 Å². The highest BCUT2D eigenvalue weighted by Crippen LogP contribution is 2.12. The van der Waals surface area contributed by atoms with Crippen LogP contribution in [0, 0.1) is 0 Å². The zero-order valence-corrected chi connectivity index (χ0v) is 7.45. The molecule has 0 spiro atoms. The fourth-order valence-electron chi connectivity index (χ4n) is 1.10. The summed E-state index contributed by atoms with van der Waals surface area (Å²) in [6.45, 7) is 2.00. The van der Waals surface area contributed by atoms with Crippen molar-refractivity contribution in [2.24, 2.45) is 0 Å². The van der Waals surface area contributed by atoms with Gasteiger partial charge in [0.25, 0.3) is 0 Å². The van der Waals surface area contributed by atoms with Crippen LogP contribution in [0.15, 0.2) is 24.3 Å². The first kappa shape index (κ1) is 9.07. The maximum absolute atomic E-state index is 9.16. The van der Waals surface area contributed by atoms with E-state index in [1.54, 1.807) is 19.2 Å². The van der Waals surface area contributed by atoms with Crippen LogP contribution < -0.4 is 0 Å². The molecular formula is C10H14O2. The summed E-state index contributed by atoms with van der Waals surface area (Å²) in [4.78, 5) is 0. The largest absolute Gasteiger partial charge is 0.508 e. The molecule has 2 heteroatoms. The summed E-state index contributed by atoms with van der Waals surface area (Å²) in [7, 11) is 1.69. The number of phenols is 1. The van der Waals surface area contributed by atoms with Crippen LogP contribution in [0.25, 0.3) is 0 Å². The molecule has 1 N–H and O–H groups in total. The van der Waals surface area contributed by atoms with Crippen molar-refractivity contribution >= 4 is 0 Å². The van der Waals surface area contributed by atoms with E-state index in [0.717, 1.165) is 12.0 Å². The Morgan fingerprint density at radius 2 is 2.25 bits per heavy atom. The van der Waals surface area contributed by atoms with Crippen molar-refractivity contribution in [2.45, 2.75) is 19.4 Å². The highest BCUT2D eigenvalue weighted by molar-refractivity contribution is 5.27. The van der Waals surface area contributed by atoms with Crippen molar-refractivity contribution in [3.8, 4) is 5.75 Å². The molecule has 0 saturated carbocycles. The van der Waals surface area contributed by atoms with Gasteiger partial charge in [0.2, 0.25) is 0 Å². The molecule has 12 heavy (non-hydrogen) atoms. The Labute approximate surface area is 72.8 Å². The highest BCUT2D eigenvalue weighted by atomic mass is 16.5. The van der Waals surface area contributed by atoms with Gasteiger partial charge in [-0.3, -0.25) is 0 Å². The molecule has 0 aromatic heterocycles. The van der Waals surface area contributed by atoms with Crippen molar-refractivity contribution in [2.75, 3.05) is 7.11 Å². The summed E-state index contributed by atoms with van der Waals surface area (Å²) in [6, 6.07) is 7.25. The topological polar surface area (TPSA) is 29.5 Å². The van der Waals surface area contributed by atoms with Gasteiger partial charge in [0.1, 0.15) is 5.75 Å². The van der Waals surface area contributed by atoms with Crippen LogP contribution in [-0.4, -0.2) is 18.3 Å². The minimum atomic E-state index is 0.201. The molecule has 1 rings (SSSR count). The van der Waals surface area contributed by atoms with E-state index in [0.29, 0.717) is 5.75 Å². The number of methoxy groups -OCH3 is 1. The van der Waals surface area contributed by atoms with Crippen LogP contribution >= 0.6 is 0 Å². The second kappa shape index (κ2) is 4.12. The number of benzene rings is 1. The fraction of sp³-hybridized carbons (Fsp3) is 0.400. The molecular weight excluding hydrogens is 152 g/mol. The first-order chi connectivity index (χ1) is 5.72. The Morgan fingerprint density at radius 3 is 2.83 bits per heavy atom. The molecule has 0 aliphatic rings. The van der Waals surface area contributed by atoms with Gasteiger partial charge >= 0.3 is 0 Å². The SMILES string of the molecule is COC(C)Cc1cccc(O)c1. The molecule has 1 aromatic carbocycles. The maximum Gasteiger partial charge on any atom is 0.115 e. The molecule has 66 valence electrons. The zero-order valence-electron chi connectivity index (χ0n) is 7.45. The van der Waals surface area contributed by atoms with Crippen LogP contribution in [0.4, 0.5) is 0 Å². The lowest BCUT2D eigenvalue weighted by Gasteiger charge is -2.08. The molecule has 0 radical (unpaired) electrons. The molecule has 0 fully saturated rings. The second-order valence-electron chi connectivity index (χ2n) is 2.92. The number of aromatic hydroxyl groups is 1. The molecule has 0 amide bonds. The number of hydrogen-bond donors (Lipinski definition) is 1. The lowest BCUT2D eigenvalue weighted by Crippen LogP contribution is -2.08. The van der Waals surface area contributed by atoms with Crippen molar-refractivity contribution in [3.05, 3.63) is 29.8 Å². The average molecular weight is 166 g/mol. The number of hydrogen-bond acceptors (Lipinski definition) is 2. The standard InChI is InChI=1S/C10H14O2/c1-8(12-2)6-9-4-3-5-10(11)7-9/h3-5,7-8,11H,6H2,1-2H3. The lowest BCUT2D eigenvalue weighted by atomic mass is 10.1. The fourth-order valence-corrected chi connectivity index (χ4v) is 1.10. The van der Waals surface area contributed by atoms with Crippen LogP contribution in [0.3, 0.4) is 0 Å². The van der Waals surface area contributed by atoms with E-state index in [2.05, 4.69) is 0 Å². The zero-order chi connectivity index (χ0) is 8.97. The molecule has 0 aliphatic carbocycles. The van der Waals surface area contributed by atoms with Crippen LogP contribution in [-0.2, 0) is 11.2 Å². The minimum Gasteiger partial charge on any atom is -0.508 e. The minimum absolute atomic E-state index is 0.201.